The first-order valence-corrected chi connectivity index (χ1v) is 11.3. The van der Waals surface area contributed by atoms with Crippen molar-refractivity contribution in [3.05, 3.63) is 40.8 Å². The summed E-state index contributed by atoms with van der Waals surface area (Å²) in [6, 6.07) is 11.8. The maximum absolute atomic E-state index is 12.0. The third-order valence-corrected chi connectivity index (χ3v) is 6.36. The summed E-state index contributed by atoms with van der Waals surface area (Å²) >= 11 is 1.63. The summed E-state index contributed by atoms with van der Waals surface area (Å²) in [5.41, 5.74) is 6.16. The fraction of sp³-hybridized carbons (Fsp3) is 0.417. The molecule has 2 aromatic rings. The average Bonchev–Trinajstić information content (AvgIpc) is 3.25. The summed E-state index contributed by atoms with van der Waals surface area (Å²) < 4.78 is 16.2. The zero-order valence-corrected chi connectivity index (χ0v) is 19.7. The second-order valence-electron chi connectivity index (χ2n) is 8.23. The molecule has 0 unspecified atom stereocenters. The van der Waals surface area contributed by atoms with E-state index in [2.05, 4.69) is 17.0 Å². The van der Waals surface area contributed by atoms with Gasteiger partial charge in [0.1, 0.15) is 11.6 Å². The van der Waals surface area contributed by atoms with E-state index in [0.717, 1.165) is 41.4 Å². The smallest absolute Gasteiger partial charge is 0.325 e. The van der Waals surface area contributed by atoms with Crippen LogP contribution in [0.3, 0.4) is 0 Å². The fourth-order valence-corrected chi connectivity index (χ4v) is 4.42. The molecule has 1 saturated heterocycles. The SMILES string of the molecule is COc1ccc(/C(C#N)=C/c2ccc(N3CCC(OC(=O)C(C)(C)N)CC3)s2)cc1OC. The van der Waals surface area contributed by atoms with E-state index in [1.165, 1.54) is 0 Å². The molecule has 2 N–H and O–H groups in total. The molecule has 0 amide bonds. The van der Waals surface area contributed by atoms with Crippen molar-refractivity contribution in [2.45, 2.75) is 38.3 Å². The molecule has 3 rings (SSSR count). The Morgan fingerprint density at radius 1 is 1.19 bits per heavy atom. The first kappa shape index (κ1) is 23.6. The number of carbonyl (C=O) groups is 1. The monoisotopic (exact) mass is 455 g/mol. The number of nitriles is 1. The molecule has 0 atom stereocenters. The number of nitrogens with zero attached hydrogens (tertiary/aromatic N) is 2. The van der Waals surface area contributed by atoms with Gasteiger partial charge in [-0.2, -0.15) is 5.26 Å². The molecule has 1 aromatic carbocycles. The molecule has 1 fully saturated rings. The summed E-state index contributed by atoms with van der Waals surface area (Å²) in [6.07, 6.45) is 3.31. The number of carbonyl (C=O) groups excluding carboxylic acids is 1. The van der Waals surface area contributed by atoms with E-state index in [9.17, 15) is 10.1 Å². The number of hydrogen-bond donors (Lipinski definition) is 1. The first-order valence-electron chi connectivity index (χ1n) is 10.4. The molecular formula is C24H29N3O4S. The van der Waals surface area contributed by atoms with Crippen LogP contribution in [0.25, 0.3) is 11.6 Å². The standard InChI is InChI=1S/C24H29N3O4S/c1-24(2,26)23(28)31-18-9-11-27(12-10-18)22-8-6-19(32-22)13-17(15-25)16-5-7-20(29-3)21(14-16)30-4/h5-8,13-14,18H,9-12,26H2,1-4H3/b17-13+. The van der Waals surface area contributed by atoms with Crippen LogP contribution in [0.2, 0.25) is 0 Å². The Balaban J connectivity index is 1.67. The number of anilines is 1. The van der Waals surface area contributed by atoms with Crippen molar-refractivity contribution in [1.82, 2.24) is 0 Å². The van der Waals surface area contributed by atoms with Gasteiger partial charge in [-0.15, -0.1) is 11.3 Å². The van der Waals surface area contributed by atoms with Gasteiger partial charge in [0.25, 0.3) is 0 Å². The summed E-state index contributed by atoms with van der Waals surface area (Å²) in [4.78, 5) is 15.3. The number of hydrogen-bond acceptors (Lipinski definition) is 8. The van der Waals surface area contributed by atoms with Crippen molar-refractivity contribution in [3.63, 3.8) is 0 Å². The van der Waals surface area contributed by atoms with Gasteiger partial charge in [-0.05, 0) is 55.8 Å². The molecule has 1 aromatic heterocycles. The van der Waals surface area contributed by atoms with Crippen molar-refractivity contribution in [1.29, 1.82) is 5.26 Å². The normalized spacial score (nSPS) is 15.2. The van der Waals surface area contributed by atoms with Crippen molar-refractivity contribution in [2.75, 3.05) is 32.2 Å². The quantitative estimate of drug-likeness (QED) is 0.496. The van der Waals surface area contributed by atoms with Crippen LogP contribution < -0.4 is 20.1 Å². The van der Waals surface area contributed by atoms with Crippen LogP contribution in [0.15, 0.2) is 30.3 Å². The number of nitrogens with two attached hydrogens (primary N) is 1. The molecule has 170 valence electrons. The maximum Gasteiger partial charge on any atom is 0.325 e. The number of thiophene rings is 1. The minimum atomic E-state index is -0.974. The highest BCUT2D eigenvalue weighted by atomic mass is 32.1. The molecule has 2 heterocycles. The number of ether oxygens (including phenoxy) is 3. The van der Waals surface area contributed by atoms with Gasteiger partial charge >= 0.3 is 5.97 Å². The van der Waals surface area contributed by atoms with Gasteiger partial charge in [0.15, 0.2) is 11.5 Å². The van der Waals surface area contributed by atoms with Crippen molar-refractivity contribution >= 4 is 34.0 Å². The van der Waals surface area contributed by atoms with Gasteiger partial charge in [-0.3, -0.25) is 4.79 Å². The summed E-state index contributed by atoms with van der Waals surface area (Å²) in [6.45, 7) is 4.91. The highest BCUT2D eigenvalue weighted by molar-refractivity contribution is 7.17. The Kier molecular flexibility index (Phi) is 7.44. The predicted octanol–water partition coefficient (Wildman–Crippen LogP) is 4.08. The van der Waals surface area contributed by atoms with Gasteiger partial charge in [0.2, 0.25) is 0 Å². The lowest BCUT2D eigenvalue weighted by atomic mass is 10.1. The summed E-state index contributed by atoms with van der Waals surface area (Å²) in [5.74, 6) is 0.842. The van der Waals surface area contributed by atoms with E-state index < -0.39 is 5.54 Å². The molecule has 32 heavy (non-hydrogen) atoms. The molecule has 0 saturated carbocycles. The fourth-order valence-electron chi connectivity index (χ4n) is 3.41. The molecule has 0 radical (unpaired) electrons. The Morgan fingerprint density at radius 2 is 1.88 bits per heavy atom. The number of esters is 1. The van der Waals surface area contributed by atoms with Crippen molar-refractivity contribution in [2.24, 2.45) is 5.73 Å². The number of benzene rings is 1. The molecule has 1 aliphatic heterocycles. The second kappa shape index (κ2) is 10.1. The van der Waals surface area contributed by atoms with E-state index in [1.54, 1.807) is 51.5 Å². The van der Waals surface area contributed by atoms with Crippen LogP contribution in [0.1, 0.15) is 37.1 Å². The van der Waals surface area contributed by atoms with Crippen LogP contribution in [0.4, 0.5) is 5.00 Å². The van der Waals surface area contributed by atoms with Crippen LogP contribution in [0, 0.1) is 11.3 Å². The number of allylic oxidation sites excluding steroid dienone is 1. The first-order chi connectivity index (χ1) is 15.2. The van der Waals surface area contributed by atoms with E-state index >= 15 is 0 Å². The van der Waals surface area contributed by atoms with Gasteiger partial charge < -0.3 is 24.8 Å². The topological polar surface area (TPSA) is 97.8 Å². The van der Waals surface area contributed by atoms with Gasteiger partial charge in [0, 0.05) is 30.8 Å². The Labute approximate surface area is 193 Å². The van der Waals surface area contributed by atoms with E-state index in [1.807, 2.05) is 18.2 Å². The lowest BCUT2D eigenvalue weighted by Gasteiger charge is -2.33. The van der Waals surface area contributed by atoms with Crippen molar-refractivity contribution in [3.8, 4) is 17.6 Å². The van der Waals surface area contributed by atoms with Crippen LogP contribution in [-0.2, 0) is 9.53 Å². The lowest BCUT2D eigenvalue weighted by Crippen LogP contribution is -2.46. The summed E-state index contributed by atoms with van der Waals surface area (Å²) in [5, 5.41) is 10.8. The van der Waals surface area contributed by atoms with Gasteiger partial charge in [0.05, 0.1) is 30.9 Å². The Bertz CT molecular complexity index is 1020. The van der Waals surface area contributed by atoms with E-state index in [4.69, 9.17) is 19.9 Å². The van der Waals surface area contributed by atoms with Crippen LogP contribution in [0.5, 0.6) is 11.5 Å². The molecule has 0 spiro atoms. The minimum absolute atomic E-state index is 0.101. The maximum atomic E-state index is 12.0. The molecular weight excluding hydrogens is 426 g/mol. The Morgan fingerprint density at radius 3 is 2.47 bits per heavy atom. The molecule has 7 nitrogen and oxygen atoms in total. The number of piperidine rings is 1. The zero-order chi connectivity index (χ0) is 23.3. The highest BCUT2D eigenvalue weighted by Crippen LogP contribution is 2.34. The zero-order valence-electron chi connectivity index (χ0n) is 18.9. The molecule has 0 aliphatic carbocycles. The van der Waals surface area contributed by atoms with E-state index in [0.29, 0.717) is 17.1 Å². The molecule has 8 heteroatoms. The minimum Gasteiger partial charge on any atom is -0.493 e. The Hall–Kier alpha value is -3.02. The number of rotatable bonds is 7. The summed E-state index contributed by atoms with van der Waals surface area (Å²) in [7, 11) is 3.15. The lowest BCUT2D eigenvalue weighted by molar-refractivity contribution is -0.155. The molecule has 0 bridgehead atoms. The average molecular weight is 456 g/mol. The predicted molar refractivity (Wildman–Crippen MR) is 127 cm³/mol. The van der Waals surface area contributed by atoms with Crippen LogP contribution >= 0.6 is 11.3 Å². The third-order valence-electron chi connectivity index (χ3n) is 5.27. The molecule has 1 aliphatic rings. The van der Waals surface area contributed by atoms with Gasteiger partial charge in [-0.1, -0.05) is 0 Å². The number of methoxy groups -OCH3 is 2. The van der Waals surface area contributed by atoms with Crippen LogP contribution in [-0.4, -0.2) is 44.9 Å². The third kappa shape index (κ3) is 5.61. The largest absolute Gasteiger partial charge is 0.493 e. The highest BCUT2D eigenvalue weighted by Gasteiger charge is 2.29. The second-order valence-corrected chi connectivity index (χ2v) is 9.32. The van der Waals surface area contributed by atoms with Crippen molar-refractivity contribution < 1.29 is 19.0 Å². The van der Waals surface area contributed by atoms with Gasteiger partial charge in [-0.25, -0.2) is 0 Å². The van der Waals surface area contributed by atoms with E-state index in [-0.39, 0.29) is 12.1 Å².